The number of aromatic amines is 3. The number of benzene rings is 1. The van der Waals surface area contributed by atoms with Crippen LogP contribution in [0.1, 0.15) is 5.56 Å². The summed E-state index contributed by atoms with van der Waals surface area (Å²) in [6.45, 7) is 4.18. The number of aryl methyl sites for hydroxylation is 1. The number of aliphatic hydroxyl groups excluding tert-OH is 3. The minimum absolute atomic E-state index is 0.106. The molecule has 0 unspecified atom stereocenters. The van der Waals surface area contributed by atoms with Crippen LogP contribution < -0.4 is 19.9 Å². The van der Waals surface area contributed by atoms with Gasteiger partial charge in [-0.3, -0.25) is 0 Å². The van der Waals surface area contributed by atoms with Gasteiger partial charge in [0.05, 0.1) is 19.8 Å². The van der Waals surface area contributed by atoms with Crippen LogP contribution in [-0.2, 0) is 0 Å². The maximum atomic E-state index is 8.51. The Balaban J connectivity index is 0.000000225. The quantitative estimate of drug-likeness (QED) is 0.324. The van der Waals surface area contributed by atoms with Crippen molar-refractivity contribution in [1.82, 2.24) is 0 Å². The molecule has 0 saturated carbocycles. The van der Waals surface area contributed by atoms with E-state index in [2.05, 4.69) is 40.1 Å². The zero-order valence-electron chi connectivity index (χ0n) is 19.3. The molecule has 0 spiro atoms. The van der Waals surface area contributed by atoms with E-state index in [4.69, 9.17) is 15.3 Å². The van der Waals surface area contributed by atoms with Crippen LogP contribution in [0.25, 0.3) is 10.9 Å². The minimum atomic E-state index is 0.106. The SMILES string of the molecule is Cc1cc[nH+]cc1.OCC[NH+](CCO)CCO.c1cc[nH+]cc1.c1ccc2[nH+]cccc2c1. The number of H-pyrrole nitrogens is 3. The Bertz CT molecular complexity index is 837. The van der Waals surface area contributed by atoms with Gasteiger partial charge in [0, 0.05) is 41.8 Å². The molecule has 7 N–H and O–H groups in total. The second-order valence-electron chi connectivity index (χ2n) is 7.08. The Labute approximate surface area is 196 Å². The number of hydrogen-bond donors (Lipinski definition) is 4. The minimum Gasteiger partial charge on any atom is -0.391 e. The number of aliphatic hydroxyl groups is 3. The molecular formula is C26H38N4O3+4. The fourth-order valence-corrected chi connectivity index (χ4v) is 2.72. The van der Waals surface area contributed by atoms with Crippen LogP contribution in [0.15, 0.2) is 97.7 Å². The van der Waals surface area contributed by atoms with Crippen LogP contribution in [0, 0.1) is 6.92 Å². The third-order valence-corrected chi connectivity index (χ3v) is 4.46. The van der Waals surface area contributed by atoms with Gasteiger partial charge in [0.25, 0.3) is 0 Å². The maximum Gasteiger partial charge on any atom is 0.210 e. The summed E-state index contributed by atoms with van der Waals surface area (Å²) in [7, 11) is 0. The van der Waals surface area contributed by atoms with Crippen LogP contribution in [0.5, 0.6) is 0 Å². The molecule has 0 aliphatic rings. The Morgan fingerprint density at radius 2 is 1.15 bits per heavy atom. The van der Waals surface area contributed by atoms with Crippen molar-refractivity contribution in [3.63, 3.8) is 0 Å². The highest BCUT2D eigenvalue weighted by Gasteiger charge is 2.04. The van der Waals surface area contributed by atoms with Crippen molar-refractivity contribution in [2.24, 2.45) is 0 Å². The van der Waals surface area contributed by atoms with Gasteiger partial charge in [0.15, 0.2) is 31.0 Å². The number of aromatic nitrogens is 3. The molecule has 0 fully saturated rings. The fourth-order valence-electron chi connectivity index (χ4n) is 2.72. The number of nitrogens with one attached hydrogen (secondary N) is 4. The lowest BCUT2D eigenvalue weighted by atomic mass is 10.2. The van der Waals surface area contributed by atoms with Gasteiger partial charge >= 0.3 is 0 Å². The number of hydrogen-bond acceptors (Lipinski definition) is 3. The Kier molecular flexibility index (Phi) is 16.4. The number of fused-ring (bicyclic) bond motifs is 1. The molecule has 4 aromatic rings. The molecule has 7 heteroatoms. The van der Waals surface area contributed by atoms with Crippen molar-refractivity contribution >= 4 is 10.9 Å². The summed E-state index contributed by atoms with van der Waals surface area (Å²) in [5.74, 6) is 0. The monoisotopic (exact) mass is 454 g/mol. The van der Waals surface area contributed by atoms with E-state index in [9.17, 15) is 0 Å². The summed E-state index contributed by atoms with van der Waals surface area (Å²) in [5.41, 5.74) is 2.48. The molecule has 0 atom stereocenters. The third-order valence-electron chi connectivity index (χ3n) is 4.46. The molecule has 0 radical (unpaired) electrons. The fraction of sp³-hybridized carbons (Fsp3) is 0.269. The largest absolute Gasteiger partial charge is 0.391 e. The lowest BCUT2D eigenvalue weighted by Crippen LogP contribution is -3.13. The van der Waals surface area contributed by atoms with E-state index in [1.54, 1.807) is 0 Å². The summed E-state index contributed by atoms with van der Waals surface area (Å²) in [4.78, 5) is 10.0. The zero-order valence-corrected chi connectivity index (χ0v) is 19.3. The number of rotatable bonds is 6. The first kappa shape index (κ1) is 27.8. The second-order valence-corrected chi connectivity index (χ2v) is 7.08. The summed E-state index contributed by atoms with van der Waals surface area (Å²) in [6, 6.07) is 22.2. The van der Waals surface area contributed by atoms with Gasteiger partial charge in [0.1, 0.15) is 19.6 Å². The molecule has 3 aromatic heterocycles. The summed E-state index contributed by atoms with van der Waals surface area (Å²) >= 11 is 0. The van der Waals surface area contributed by atoms with Crippen LogP contribution in [0.3, 0.4) is 0 Å². The smallest absolute Gasteiger partial charge is 0.210 e. The molecule has 4 rings (SSSR count). The molecule has 0 aliphatic carbocycles. The summed E-state index contributed by atoms with van der Waals surface area (Å²) in [5, 5.41) is 26.8. The van der Waals surface area contributed by atoms with E-state index in [-0.39, 0.29) is 19.8 Å². The first-order chi connectivity index (χ1) is 16.2. The number of pyridine rings is 3. The predicted octanol–water partition coefficient (Wildman–Crippen LogP) is -0.188. The van der Waals surface area contributed by atoms with Crippen molar-refractivity contribution < 1.29 is 35.2 Å². The van der Waals surface area contributed by atoms with Crippen molar-refractivity contribution in [2.75, 3.05) is 39.5 Å². The molecule has 0 aliphatic heterocycles. The lowest BCUT2D eigenvalue weighted by Gasteiger charge is -2.15. The van der Waals surface area contributed by atoms with E-state index in [0.717, 1.165) is 4.90 Å². The summed E-state index contributed by atoms with van der Waals surface area (Å²) < 4.78 is 0. The molecule has 0 saturated heterocycles. The van der Waals surface area contributed by atoms with Crippen molar-refractivity contribution in [3.05, 3.63) is 103 Å². The Morgan fingerprint density at radius 3 is 1.58 bits per heavy atom. The highest BCUT2D eigenvalue weighted by molar-refractivity contribution is 5.74. The molecule has 3 heterocycles. The standard InChI is InChI=1S/C9H7N.C6H15NO3.C6H7N.C5H5N/c1-2-6-9-8(4-1)5-3-7-10-9;8-4-1-7(2-5-9)3-6-10;1-6-2-4-7-5-3-6;1-2-4-6-5-3-1/h1-7H;8-10H,1-6H2;2-5H,1H3;1-5H/p+4. The molecule has 0 amide bonds. The predicted molar refractivity (Wildman–Crippen MR) is 128 cm³/mol. The highest BCUT2D eigenvalue weighted by Crippen LogP contribution is 2.05. The van der Waals surface area contributed by atoms with E-state index >= 15 is 0 Å². The van der Waals surface area contributed by atoms with E-state index in [1.807, 2.05) is 79.5 Å². The van der Waals surface area contributed by atoms with Crippen LogP contribution >= 0.6 is 0 Å². The van der Waals surface area contributed by atoms with Gasteiger partial charge < -0.3 is 20.2 Å². The average Bonchev–Trinajstić information content (AvgIpc) is 2.87. The molecule has 176 valence electrons. The molecular weight excluding hydrogens is 416 g/mol. The van der Waals surface area contributed by atoms with Crippen LogP contribution in [-0.4, -0.2) is 54.8 Å². The van der Waals surface area contributed by atoms with Crippen molar-refractivity contribution in [3.8, 4) is 0 Å². The van der Waals surface area contributed by atoms with Gasteiger partial charge in [-0.1, -0.05) is 18.2 Å². The Hall–Kier alpha value is -3.23. The van der Waals surface area contributed by atoms with Crippen molar-refractivity contribution in [1.29, 1.82) is 0 Å². The topological polar surface area (TPSA) is 108 Å². The normalized spacial score (nSPS) is 9.61. The third kappa shape index (κ3) is 14.5. The number of quaternary nitrogens is 1. The first-order valence-electron chi connectivity index (χ1n) is 11.1. The molecule has 1 aromatic carbocycles. The first-order valence-corrected chi connectivity index (χ1v) is 11.1. The molecule has 0 bridgehead atoms. The van der Waals surface area contributed by atoms with Gasteiger partial charge in [-0.25, -0.2) is 15.0 Å². The van der Waals surface area contributed by atoms with E-state index < -0.39 is 0 Å². The maximum absolute atomic E-state index is 8.51. The molecule has 33 heavy (non-hydrogen) atoms. The van der Waals surface area contributed by atoms with Crippen molar-refractivity contribution in [2.45, 2.75) is 6.92 Å². The van der Waals surface area contributed by atoms with Gasteiger partial charge in [-0.15, -0.1) is 0 Å². The second kappa shape index (κ2) is 19.5. The van der Waals surface area contributed by atoms with Gasteiger partial charge in [0.2, 0.25) is 5.52 Å². The number of para-hydroxylation sites is 1. The van der Waals surface area contributed by atoms with Crippen LogP contribution in [0.4, 0.5) is 0 Å². The van der Waals surface area contributed by atoms with E-state index in [0.29, 0.717) is 19.6 Å². The average molecular weight is 455 g/mol. The van der Waals surface area contributed by atoms with E-state index in [1.165, 1.54) is 16.5 Å². The van der Waals surface area contributed by atoms with Gasteiger partial charge in [-0.2, -0.15) is 0 Å². The zero-order chi connectivity index (χ0) is 24.0. The molecule has 7 nitrogen and oxygen atoms in total. The summed E-state index contributed by atoms with van der Waals surface area (Å²) in [6.07, 6.45) is 9.51. The van der Waals surface area contributed by atoms with Crippen LogP contribution in [0.2, 0.25) is 0 Å². The lowest BCUT2D eigenvalue weighted by molar-refractivity contribution is -0.901. The Morgan fingerprint density at radius 1 is 0.606 bits per heavy atom. The highest BCUT2D eigenvalue weighted by atomic mass is 16.3. The van der Waals surface area contributed by atoms with Gasteiger partial charge in [-0.05, 0) is 24.6 Å².